The second kappa shape index (κ2) is 9.08. The molecule has 4 atom stereocenters. The Hall–Kier alpha value is -1.76. The zero-order valence-electron chi connectivity index (χ0n) is 14.0. The van der Waals surface area contributed by atoms with Crippen LogP contribution in [0.25, 0.3) is 0 Å². The summed E-state index contributed by atoms with van der Waals surface area (Å²) < 4.78 is 17.4. The molecule has 0 unspecified atom stereocenters. The Balaban J connectivity index is 1.65. The minimum absolute atomic E-state index is 0.234. The van der Waals surface area contributed by atoms with Gasteiger partial charge in [0.05, 0.1) is 25.9 Å². The fraction of sp³-hybridized carbons (Fsp3) is 0.400. The number of rotatable bonds is 7. The predicted molar refractivity (Wildman–Crippen MR) is 92.6 cm³/mol. The number of hydrogen-bond donors (Lipinski definition) is 2. The standard InChI is InChI=1S/C20H24O5/c21-12-18-20(24-14-16-9-5-2-6-10-16)17(11-19(22)25-18)23-13-15-7-3-1-4-8-15/h1-10,17-22H,11-14H2/t17-,18-,19+,20-/m1/s1. The zero-order chi connectivity index (χ0) is 17.5. The van der Waals surface area contributed by atoms with Crippen LogP contribution in [0.5, 0.6) is 0 Å². The lowest BCUT2D eigenvalue weighted by molar-refractivity contribution is -0.262. The van der Waals surface area contributed by atoms with Gasteiger partial charge in [0.2, 0.25) is 0 Å². The second-order valence-electron chi connectivity index (χ2n) is 6.14. The van der Waals surface area contributed by atoms with Gasteiger partial charge in [0.1, 0.15) is 12.2 Å². The van der Waals surface area contributed by atoms with E-state index in [0.29, 0.717) is 19.6 Å². The molecule has 0 bridgehead atoms. The Kier molecular flexibility index (Phi) is 6.55. The van der Waals surface area contributed by atoms with Crippen LogP contribution in [0, 0.1) is 0 Å². The third-order valence-electron chi connectivity index (χ3n) is 4.27. The molecule has 0 amide bonds. The van der Waals surface area contributed by atoms with Crippen molar-refractivity contribution in [3.05, 3.63) is 71.8 Å². The van der Waals surface area contributed by atoms with Crippen molar-refractivity contribution in [2.45, 2.75) is 44.2 Å². The molecule has 1 fully saturated rings. The van der Waals surface area contributed by atoms with Crippen molar-refractivity contribution in [2.24, 2.45) is 0 Å². The highest BCUT2D eigenvalue weighted by Crippen LogP contribution is 2.26. The van der Waals surface area contributed by atoms with E-state index in [-0.39, 0.29) is 12.7 Å². The Bertz CT molecular complexity index is 618. The van der Waals surface area contributed by atoms with Crippen LogP contribution in [0.3, 0.4) is 0 Å². The van der Waals surface area contributed by atoms with Crippen LogP contribution >= 0.6 is 0 Å². The first-order valence-electron chi connectivity index (χ1n) is 8.51. The molecule has 1 saturated heterocycles. The maximum absolute atomic E-state index is 9.91. The van der Waals surface area contributed by atoms with Crippen molar-refractivity contribution in [2.75, 3.05) is 6.61 Å². The Morgan fingerprint density at radius 2 is 1.44 bits per heavy atom. The lowest BCUT2D eigenvalue weighted by Gasteiger charge is -2.39. The monoisotopic (exact) mass is 344 g/mol. The summed E-state index contributed by atoms with van der Waals surface area (Å²) in [4.78, 5) is 0. The van der Waals surface area contributed by atoms with Crippen molar-refractivity contribution in [3.63, 3.8) is 0 Å². The fourth-order valence-corrected chi connectivity index (χ4v) is 2.98. The van der Waals surface area contributed by atoms with Crippen molar-refractivity contribution < 1.29 is 24.4 Å². The van der Waals surface area contributed by atoms with E-state index in [4.69, 9.17) is 14.2 Å². The molecule has 3 rings (SSSR count). The van der Waals surface area contributed by atoms with Gasteiger partial charge in [-0.25, -0.2) is 0 Å². The zero-order valence-corrected chi connectivity index (χ0v) is 14.0. The molecule has 2 aromatic rings. The maximum atomic E-state index is 9.91. The molecule has 0 radical (unpaired) electrons. The van der Waals surface area contributed by atoms with Crippen molar-refractivity contribution >= 4 is 0 Å². The molecular formula is C20H24O5. The molecular weight excluding hydrogens is 320 g/mol. The normalized spacial score (nSPS) is 26.5. The van der Waals surface area contributed by atoms with E-state index < -0.39 is 18.5 Å². The highest BCUT2D eigenvalue weighted by atomic mass is 16.6. The van der Waals surface area contributed by atoms with Gasteiger partial charge >= 0.3 is 0 Å². The van der Waals surface area contributed by atoms with E-state index in [0.717, 1.165) is 11.1 Å². The summed E-state index contributed by atoms with van der Waals surface area (Å²) in [5.41, 5.74) is 2.08. The third-order valence-corrected chi connectivity index (χ3v) is 4.27. The van der Waals surface area contributed by atoms with Crippen LogP contribution in [0.1, 0.15) is 17.5 Å². The molecule has 2 N–H and O–H groups in total. The van der Waals surface area contributed by atoms with E-state index in [2.05, 4.69) is 0 Å². The Morgan fingerprint density at radius 3 is 2.00 bits per heavy atom. The molecule has 2 aromatic carbocycles. The quantitative estimate of drug-likeness (QED) is 0.806. The summed E-state index contributed by atoms with van der Waals surface area (Å²) >= 11 is 0. The average molecular weight is 344 g/mol. The maximum Gasteiger partial charge on any atom is 0.157 e. The van der Waals surface area contributed by atoms with Gasteiger partial charge in [0.15, 0.2) is 6.29 Å². The highest BCUT2D eigenvalue weighted by Gasteiger charge is 2.39. The van der Waals surface area contributed by atoms with Gasteiger partial charge in [-0.05, 0) is 11.1 Å². The fourth-order valence-electron chi connectivity index (χ4n) is 2.98. The number of aliphatic hydroxyl groups is 2. The van der Waals surface area contributed by atoms with Crippen LogP contribution in [0.4, 0.5) is 0 Å². The van der Waals surface area contributed by atoms with E-state index >= 15 is 0 Å². The largest absolute Gasteiger partial charge is 0.394 e. The molecule has 0 spiro atoms. The third kappa shape index (κ3) is 5.11. The van der Waals surface area contributed by atoms with E-state index in [1.165, 1.54) is 0 Å². The SMILES string of the molecule is OC[C@H]1O[C@H](O)C[C@@H](OCc2ccccc2)[C@H]1OCc1ccccc1. The van der Waals surface area contributed by atoms with E-state index in [1.807, 2.05) is 60.7 Å². The topological polar surface area (TPSA) is 68.2 Å². The first-order chi connectivity index (χ1) is 12.3. The van der Waals surface area contributed by atoms with Crippen LogP contribution in [-0.2, 0) is 27.4 Å². The Morgan fingerprint density at radius 1 is 0.880 bits per heavy atom. The van der Waals surface area contributed by atoms with Gasteiger partial charge in [-0.3, -0.25) is 0 Å². The molecule has 1 aliphatic heterocycles. The van der Waals surface area contributed by atoms with Crippen LogP contribution in [0.15, 0.2) is 60.7 Å². The summed E-state index contributed by atoms with van der Waals surface area (Å²) in [6.07, 6.45) is -2.08. The molecule has 1 heterocycles. The van der Waals surface area contributed by atoms with Crippen LogP contribution in [0.2, 0.25) is 0 Å². The summed E-state index contributed by atoms with van der Waals surface area (Å²) in [7, 11) is 0. The van der Waals surface area contributed by atoms with Crippen LogP contribution in [-0.4, -0.2) is 41.4 Å². The van der Waals surface area contributed by atoms with Crippen molar-refractivity contribution in [1.82, 2.24) is 0 Å². The smallest absolute Gasteiger partial charge is 0.157 e. The summed E-state index contributed by atoms with van der Waals surface area (Å²) in [6.45, 7) is 0.579. The minimum Gasteiger partial charge on any atom is -0.394 e. The molecule has 5 heteroatoms. The number of ether oxygens (including phenoxy) is 3. The van der Waals surface area contributed by atoms with Gasteiger partial charge in [-0.15, -0.1) is 0 Å². The van der Waals surface area contributed by atoms with Gasteiger partial charge in [0.25, 0.3) is 0 Å². The van der Waals surface area contributed by atoms with Gasteiger partial charge in [-0.1, -0.05) is 60.7 Å². The lowest BCUT2D eigenvalue weighted by atomic mass is 10.0. The first kappa shape index (κ1) is 18.0. The molecule has 0 aromatic heterocycles. The molecule has 5 nitrogen and oxygen atoms in total. The molecule has 0 saturated carbocycles. The first-order valence-corrected chi connectivity index (χ1v) is 8.51. The number of aliphatic hydroxyl groups excluding tert-OH is 2. The second-order valence-corrected chi connectivity index (χ2v) is 6.14. The van der Waals surface area contributed by atoms with E-state index in [1.54, 1.807) is 0 Å². The highest BCUT2D eigenvalue weighted by molar-refractivity contribution is 5.14. The molecule has 1 aliphatic rings. The summed E-state index contributed by atoms with van der Waals surface area (Å²) in [5, 5.41) is 19.5. The Labute approximate surface area is 147 Å². The summed E-state index contributed by atoms with van der Waals surface area (Å²) in [6, 6.07) is 19.6. The molecule has 25 heavy (non-hydrogen) atoms. The average Bonchev–Trinajstić information content (AvgIpc) is 2.66. The minimum atomic E-state index is -0.963. The lowest BCUT2D eigenvalue weighted by Crippen LogP contribution is -2.52. The number of benzene rings is 2. The van der Waals surface area contributed by atoms with Gasteiger partial charge < -0.3 is 24.4 Å². The predicted octanol–water partition coefficient (Wildman–Crippen LogP) is 2.26. The van der Waals surface area contributed by atoms with Gasteiger partial charge in [0, 0.05) is 6.42 Å². The van der Waals surface area contributed by atoms with Crippen molar-refractivity contribution in [3.8, 4) is 0 Å². The van der Waals surface area contributed by atoms with Crippen molar-refractivity contribution in [1.29, 1.82) is 0 Å². The van der Waals surface area contributed by atoms with E-state index in [9.17, 15) is 10.2 Å². The molecule has 134 valence electrons. The van der Waals surface area contributed by atoms with Crippen LogP contribution < -0.4 is 0 Å². The van der Waals surface area contributed by atoms with Gasteiger partial charge in [-0.2, -0.15) is 0 Å². The number of hydrogen-bond acceptors (Lipinski definition) is 5. The molecule has 0 aliphatic carbocycles. The summed E-state index contributed by atoms with van der Waals surface area (Å²) in [5.74, 6) is 0.